The van der Waals surface area contributed by atoms with Crippen molar-refractivity contribution >= 4 is 12.2 Å². The number of aldehydes is 1. The van der Waals surface area contributed by atoms with Crippen molar-refractivity contribution in [2.24, 2.45) is 5.92 Å². The minimum Gasteiger partial charge on any atom is -0.452 e. The maximum atomic E-state index is 12.4. The maximum absolute atomic E-state index is 12.4. The molecule has 0 aliphatic carbocycles. The number of hydrogen-bond donors (Lipinski definition) is 2. The summed E-state index contributed by atoms with van der Waals surface area (Å²) in [5.74, 6) is 1.17. The topological polar surface area (TPSA) is 92.3 Å². The molecule has 0 amide bonds. The van der Waals surface area contributed by atoms with Crippen molar-refractivity contribution in [3.05, 3.63) is 41.7 Å². The quantitative estimate of drug-likeness (QED) is 0.454. The first kappa shape index (κ1) is 29.4. The fourth-order valence-electron chi connectivity index (χ4n) is 7.02. The average molecular weight is 537 g/mol. The number of benzene rings is 1. The Balaban J connectivity index is 1.61. The summed E-state index contributed by atoms with van der Waals surface area (Å²) in [6, 6.07) is 10.5. The first-order valence-corrected chi connectivity index (χ1v) is 14.3. The summed E-state index contributed by atoms with van der Waals surface area (Å²) in [6.45, 7) is 17.8. The highest BCUT2D eigenvalue weighted by atomic mass is 16.5. The van der Waals surface area contributed by atoms with E-state index >= 15 is 0 Å². The van der Waals surface area contributed by atoms with Crippen molar-refractivity contribution in [2.45, 2.75) is 122 Å². The number of rotatable bonds is 8. The fraction of sp³-hybridized carbons (Fsp3) is 0.677. The summed E-state index contributed by atoms with van der Waals surface area (Å²) in [5, 5.41) is 7.31. The molecular weight excluding hydrogens is 488 g/mol. The number of hydrogen-bond acceptors (Lipinski definition) is 8. The maximum Gasteiger partial charge on any atom is 0.322 e. The van der Waals surface area contributed by atoms with Crippen LogP contribution in [0.25, 0.3) is 0 Å². The molecule has 4 rings (SSSR count). The highest BCUT2D eigenvalue weighted by Gasteiger charge is 2.46. The Labute approximate surface area is 234 Å². The van der Waals surface area contributed by atoms with E-state index in [4.69, 9.17) is 9.72 Å². The summed E-state index contributed by atoms with van der Waals surface area (Å²) < 4.78 is 6.31. The predicted molar refractivity (Wildman–Crippen MR) is 156 cm³/mol. The van der Waals surface area contributed by atoms with Crippen LogP contribution in [0.5, 0.6) is 6.01 Å². The van der Waals surface area contributed by atoms with Gasteiger partial charge in [0.15, 0.2) is 12.4 Å². The fourth-order valence-corrected chi connectivity index (χ4v) is 7.02. The number of nitrogens with one attached hydrogen (secondary N) is 2. The van der Waals surface area contributed by atoms with Gasteiger partial charge in [-0.05, 0) is 93.7 Å². The van der Waals surface area contributed by atoms with Crippen LogP contribution < -0.4 is 15.4 Å². The number of nitrogens with zero attached hydrogens (tertiary/aromatic N) is 4. The molecule has 0 radical (unpaired) electrons. The van der Waals surface area contributed by atoms with E-state index in [0.717, 1.165) is 37.5 Å². The van der Waals surface area contributed by atoms with Crippen LogP contribution in [-0.2, 0) is 11.2 Å². The molecule has 39 heavy (non-hydrogen) atoms. The zero-order chi connectivity index (χ0) is 28.6. The Morgan fingerprint density at radius 2 is 1.54 bits per heavy atom. The third-order valence-electron chi connectivity index (χ3n) is 8.57. The Kier molecular flexibility index (Phi) is 8.12. The van der Waals surface area contributed by atoms with Crippen LogP contribution in [0.3, 0.4) is 0 Å². The molecule has 1 unspecified atom stereocenters. The van der Waals surface area contributed by atoms with Gasteiger partial charge in [0, 0.05) is 40.5 Å². The molecule has 2 aliphatic rings. The van der Waals surface area contributed by atoms with Crippen molar-refractivity contribution in [2.75, 3.05) is 12.4 Å². The first-order valence-electron chi connectivity index (χ1n) is 14.3. The molecular formula is C31H48N6O2. The lowest BCUT2D eigenvalue weighted by atomic mass is 9.72. The smallest absolute Gasteiger partial charge is 0.322 e. The van der Waals surface area contributed by atoms with Gasteiger partial charge in [0.2, 0.25) is 5.95 Å². The van der Waals surface area contributed by atoms with Crippen molar-refractivity contribution in [1.29, 1.82) is 0 Å². The summed E-state index contributed by atoms with van der Waals surface area (Å²) >= 11 is 0. The molecule has 2 fully saturated rings. The molecule has 2 aliphatic heterocycles. The zero-order valence-electron chi connectivity index (χ0n) is 25.3. The van der Waals surface area contributed by atoms with Crippen LogP contribution in [0.15, 0.2) is 30.3 Å². The molecule has 1 aromatic heterocycles. The first-order chi connectivity index (χ1) is 18.1. The number of ether oxygens (including phenoxy) is 1. The molecule has 0 spiro atoms. The minimum absolute atomic E-state index is 0.0188. The third kappa shape index (κ3) is 7.34. The van der Waals surface area contributed by atoms with Crippen LogP contribution in [0, 0.1) is 5.92 Å². The summed E-state index contributed by atoms with van der Waals surface area (Å²) in [5.41, 5.74) is 0.950. The van der Waals surface area contributed by atoms with Crippen molar-refractivity contribution < 1.29 is 9.53 Å². The van der Waals surface area contributed by atoms with Crippen LogP contribution in [0.1, 0.15) is 92.5 Å². The monoisotopic (exact) mass is 536 g/mol. The Morgan fingerprint density at radius 1 is 0.949 bits per heavy atom. The number of carbonyl (C=O) groups is 1. The summed E-state index contributed by atoms with van der Waals surface area (Å²) in [6.07, 6.45) is 4.41. The second kappa shape index (κ2) is 10.8. The average Bonchev–Trinajstić information content (AvgIpc) is 2.79. The minimum atomic E-state index is -0.631. The number of carbonyl (C=O) groups excluding carboxylic acids is 1. The van der Waals surface area contributed by atoms with Crippen LogP contribution in [-0.4, -0.2) is 67.5 Å². The van der Waals surface area contributed by atoms with Crippen molar-refractivity contribution in [3.63, 3.8) is 0 Å². The van der Waals surface area contributed by atoms with E-state index in [0.29, 0.717) is 18.2 Å². The van der Waals surface area contributed by atoms with Gasteiger partial charge in [-0.15, -0.1) is 0 Å². The molecule has 3 heterocycles. The zero-order valence-corrected chi connectivity index (χ0v) is 25.3. The molecule has 8 nitrogen and oxygen atoms in total. The van der Waals surface area contributed by atoms with E-state index < -0.39 is 6.10 Å². The van der Waals surface area contributed by atoms with Gasteiger partial charge in [-0.1, -0.05) is 30.3 Å². The predicted octanol–water partition coefficient (Wildman–Crippen LogP) is 5.03. The van der Waals surface area contributed by atoms with Crippen LogP contribution in [0.2, 0.25) is 0 Å². The molecule has 2 N–H and O–H groups in total. The molecule has 2 aromatic rings. The van der Waals surface area contributed by atoms with Gasteiger partial charge in [0.25, 0.3) is 0 Å². The van der Waals surface area contributed by atoms with Crippen molar-refractivity contribution in [1.82, 2.24) is 25.2 Å². The molecule has 1 aromatic carbocycles. The lowest BCUT2D eigenvalue weighted by molar-refractivity contribution is -0.121. The highest BCUT2D eigenvalue weighted by Crippen LogP contribution is 2.41. The lowest BCUT2D eigenvalue weighted by Crippen LogP contribution is -2.60. The second-order valence-electron chi connectivity index (χ2n) is 14.2. The summed E-state index contributed by atoms with van der Waals surface area (Å²) in [7, 11) is 2.16. The number of aromatic nitrogens is 3. The number of anilines is 1. The lowest BCUT2D eigenvalue weighted by Gasteiger charge is -2.54. The van der Waals surface area contributed by atoms with Gasteiger partial charge in [-0.25, -0.2) is 0 Å². The third-order valence-corrected chi connectivity index (χ3v) is 8.57. The largest absolute Gasteiger partial charge is 0.452 e. The van der Waals surface area contributed by atoms with Crippen molar-refractivity contribution in [3.8, 4) is 6.01 Å². The van der Waals surface area contributed by atoms with Gasteiger partial charge >= 0.3 is 6.01 Å². The van der Waals surface area contributed by atoms with E-state index in [1.165, 1.54) is 0 Å². The van der Waals surface area contributed by atoms with E-state index in [1.807, 2.05) is 18.2 Å². The molecule has 214 valence electrons. The Morgan fingerprint density at radius 3 is 2.10 bits per heavy atom. The summed E-state index contributed by atoms with van der Waals surface area (Å²) in [4.78, 5) is 29.0. The molecule has 8 heteroatoms. The highest BCUT2D eigenvalue weighted by molar-refractivity contribution is 5.57. The SMILES string of the molecule is CN1C(C)(C)CC(C(C=O)Oc2nc(Cc3ccccc3)nc(NC3CC(C)(C)NC(C)(C)C3)n2)CC1(C)C. The standard InChI is InChI=1S/C31H48N6O2/c1-28(2)18-23(19-29(3,4)36-28)32-26-33-25(15-21-13-11-10-12-14-21)34-27(35-26)39-24(20-38)22-16-30(5,6)37(9)31(7,8)17-22/h10-14,20,22-24,36H,15-19H2,1-9H3,(H,32,33,34,35). The van der Waals surface area contributed by atoms with Gasteiger partial charge in [-0.3, -0.25) is 9.69 Å². The molecule has 0 saturated carbocycles. The van der Waals surface area contributed by atoms with Crippen LogP contribution in [0.4, 0.5) is 5.95 Å². The molecule has 2 saturated heterocycles. The van der Waals surface area contributed by atoms with Crippen LogP contribution >= 0.6 is 0 Å². The van der Waals surface area contributed by atoms with Gasteiger partial charge in [0.1, 0.15) is 5.82 Å². The normalized spacial score (nSPS) is 23.6. The van der Waals surface area contributed by atoms with E-state index in [2.05, 4.69) is 100 Å². The van der Waals surface area contributed by atoms with E-state index in [1.54, 1.807) is 0 Å². The van der Waals surface area contributed by atoms with Gasteiger partial charge in [0.05, 0.1) is 0 Å². The number of piperidine rings is 2. The van der Waals surface area contributed by atoms with Gasteiger partial charge in [-0.2, -0.15) is 15.0 Å². The van der Waals surface area contributed by atoms with Gasteiger partial charge < -0.3 is 15.4 Å². The molecule has 1 atom stereocenters. The van der Waals surface area contributed by atoms with E-state index in [-0.39, 0.29) is 40.1 Å². The Bertz CT molecular complexity index is 1110. The van der Waals surface area contributed by atoms with E-state index in [9.17, 15) is 4.79 Å². The number of likely N-dealkylation sites (tertiary alicyclic amines) is 1. The Hall–Kier alpha value is -2.58. The molecule has 0 bridgehead atoms. The second-order valence-corrected chi connectivity index (χ2v) is 14.2.